The van der Waals surface area contributed by atoms with Crippen molar-refractivity contribution in [3.8, 4) is 0 Å². The molecule has 0 spiro atoms. The van der Waals surface area contributed by atoms with Gasteiger partial charge in [-0.3, -0.25) is 9.59 Å². The number of anilines is 3. The van der Waals surface area contributed by atoms with E-state index in [0.29, 0.717) is 28.4 Å². The molecule has 7 heteroatoms. The Morgan fingerprint density at radius 2 is 1.90 bits per heavy atom. The SMILES string of the molecule is CC(Nc1ccc(NC(=O)c2ccc3c(c2)NC(=O)CCS3)cc1Cl)c1ccccc1. The van der Waals surface area contributed by atoms with Crippen molar-refractivity contribution in [2.24, 2.45) is 0 Å². The molecular formula is C24H22ClN3O2S. The van der Waals surface area contributed by atoms with E-state index >= 15 is 0 Å². The second-order valence-corrected chi connectivity index (χ2v) is 8.83. The molecule has 1 aliphatic heterocycles. The van der Waals surface area contributed by atoms with Crippen molar-refractivity contribution in [1.29, 1.82) is 0 Å². The van der Waals surface area contributed by atoms with Gasteiger partial charge in [0.15, 0.2) is 0 Å². The number of amides is 2. The van der Waals surface area contributed by atoms with Gasteiger partial charge >= 0.3 is 0 Å². The summed E-state index contributed by atoms with van der Waals surface area (Å²) in [7, 11) is 0. The van der Waals surface area contributed by atoms with Crippen molar-refractivity contribution in [1.82, 2.24) is 0 Å². The fourth-order valence-corrected chi connectivity index (χ4v) is 4.50. The highest BCUT2D eigenvalue weighted by Gasteiger charge is 2.16. The molecule has 0 bridgehead atoms. The van der Waals surface area contributed by atoms with E-state index in [-0.39, 0.29) is 17.9 Å². The molecule has 0 fully saturated rings. The van der Waals surface area contributed by atoms with E-state index in [9.17, 15) is 9.59 Å². The van der Waals surface area contributed by atoms with E-state index < -0.39 is 0 Å². The van der Waals surface area contributed by atoms with Crippen LogP contribution in [0, 0.1) is 0 Å². The Labute approximate surface area is 190 Å². The Balaban J connectivity index is 1.45. The lowest BCUT2D eigenvalue weighted by molar-refractivity contribution is -0.115. The van der Waals surface area contributed by atoms with Gasteiger partial charge < -0.3 is 16.0 Å². The highest BCUT2D eigenvalue weighted by atomic mass is 35.5. The molecule has 0 radical (unpaired) electrons. The van der Waals surface area contributed by atoms with Crippen molar-refractivity contribution in [3.63, 3.8) is 0 Å². The van der Waals surface area contributed by atoms with Crippen LogP contribution in [0.1, 0.15) is 35.3 Å². The standard InChI is InChI=1S/C24H22ClN3O2S/c1-15(16-5-3-2-4-6-16)26-20-9-8-18(14-19(20)25)27-24(30)17-7-10-22-21(13-17)28-23(29)11-12-31-22/h2-10,13-15,26H,11-12H2,1H3,(H,27,30)(H,28,29). The Kier molecular flexibility index (Phi) is 6.49. The molecule has 158 valence electrons. The normalized spacial score (nSPS) is 14.1. The van der Waals surface area contributed by atoms with Gasteiger partial charge in [-0.2, -0.15) is 0 Å². The second-order valence-electron chi connectivity index (χ2n) is 7.28. The fourth-order valence-electron chi connectivity index (χ4n) is 3.33. The van der Waals surface area contributed by atoms with E-state index in [2.05, 4.69) is 35.0 Å². The number of fused-ring (bicyclic) bond motifs is 1. The minimum absolute atomic E-state index is 0.0385. The molecular weight excluding hydrogens is 430 g/mol. The van der Waals surface area contributed by atoms with Gasteiger partial charge in [0.05, 0.1) is 16.4 Å². The van der Waals surface area contributed by atoms with Crippen LogP contribution in [0.3, 0.4) is 0 Å². The van der Waals surface area contributed by atoms with Crippen molar-refractivity contribution in [3.05, 3.63) is 82.9 Å². The molecule has 1 aliphatic rings. The molecule has 0 saturated heterocycles. The molecule has 3 aromatic carbocycles. The van der Waals surface area contributed by atoms with Gasteiger partial charge in [0, 0.05) is 34.4 Å². The van der Waals surface area contributed by atoms with Gasteiger partial charge in [0.25, 0.3) is 5.91 Å². The van der Waals surface area contributed by atoms with Crippen LogP contribution in [-0.4, -0.2) is 17.6 Å². The summed E-state index contributed by atoms with van der Waals surface area (Å²) in [5.74, 6) is 0.427. The highest BCUT2D eigenvalue weighted by molar-refractivity contribution is 7.99. The summed E-state index contributed by atoms with van der Waals surface area (Å²) in [4.78, 5) is 25.5. The van der Waals surface area contributed by atoms with Crippen molar-refractivity contribution < 1.29 is 9.59 Å². The Hall–Kier alpha value is -2.96. The number of hydrogen-bond acceptors (Lipinski definition) is 4. The smallest absolute Gasteiger partial charge is 0.255 e. The molecule has 2 amide bonds. The summed E-state index contributed by atoms with van der Waals surface area (Å²) in [6.45, 7) is 2.07. The third-order valence-electron chi connectivity index (χ3n) is 5.00. The summed E-state index contributed by atoms with van der Waals surface area (Å²) in [5, 5.41) is 9.65. The van der Waals surface area contributed by atoms with Gasteiger partial charge in [-0.25, -0.2) is 0 Å². The quantitative estimate of drug-likeness (QED) is 0.432. The predicted molar refractivity (Wildman–Crippen MR) is 128 cm³/mol. The van der Waals surface area contributed by atoms with E-state index in [1.165, 1.54) is 0 Å². The molecule has 0 saturated carbocycles. The number of halogens is 1. The maximum Gasteiger partial charge on any atom is 0.255 e. The number of rotatable bonds is 5. The summed E-state index contributed by atoms with van der Waals surface area (Å²) in [6, 6.07) is 20.9. The molecule has 0 aliphatic carbocycles. The fraction of sp³-hybridized carbons (Fsp3) is 0.167. The summed E-state index contributed by atoms with van der Waals surface area (Å²) < 4.78 is 0. The van der Waals surface area contributed by atoms with E-state index in [4.69, 9.17) is 11.6 Å². The molecule has 3 N–H and O–H groups in total. The van der Waals surface area contributed by atoms with Crippen LogP contribution in [-0.2, 0) is 4.79 Å². The third kappa shape index (κ3) is 5.21. The van der Waals surface area contributed by atoms with Crippen LogP contribution in [0.2, 0.25) is 5.02 Å². The monoisotopic (exact) mass is 451 g/mol. The van der Waals surface area contributed by atoms with E-state index in [0.717, 1.165) is 21.9 Å². The number of nitrogens with one attached hydrogen (secondary N) is 3. The number of carbonyl (C=O) groups is 2. The van der Waals surface area contributed by atoms with Gasteiger partial charge in [-0.05, 0) is 48.9 Å². The topological polar surface area (TPSA) is 70.2 Å². The Morgan fingerprint density at radius 3 is 2.68 bits per heavy atom. The second kappa shape index (κ2) is 9.45. The number of thioether (sulfide) groups is 1. The van der Waals surface area contributed by atoms with Crippen LogP contribution < -0.4 is 16.0 Å². The zero-order chi connectivity index (χ0) is 21.8. The molecule has 1 heterocycles. The molecule has 3 aromatic rings. The van der Waals surface area contributed by atoms with Crippen LogP contribution in [0.15, 0.2) is 71.6 Å². The molecule has 0 aromatic heterocycles. The average molecular weight is 452 g/mol. The first-order chi connectivity index (χ1) is 15.0. The summed E-state index contributed by atoms with van der Waals surface area (Å²) in [5.41, 5.74) is 3.69. The maximum absolute atomic E-state index is 12.7. The largest absolute Gasteiger partial charge is 0.377 e. The number of carbonyl (C=O) groups excluding carboxylic acids is 2. The lowest BCUT2D eigenvalue weighted by Crippen LogP contribution is -2.14. The molecule has 1 atom stereocenters. The first-order valence-corrected chi connectivity index (χ1v) is 11.3. The minimum Gasteiger partial charge on any atom is -0.377 e. The van der Waals surface area contributed by atoms with Gasteiger partial charge in [-0.15, -0.1) is 11.8 Å². The van der Waals surface area contributed by atoms with Crippen molar-refractivity contribution in [2.45, 2.75) is 24.3 Å². The molecule has 1 unspecified atom stereocenters. The van der Waals surface area contributed by atoms with Gasteiger partial charge in [0.2, 0.25) is 5.91 Å². The number of hydrogen-bond donors (Lipinski definition) is 3. The van der Waals surface area contributed by atoms with Crippen LogP contribution in [0.25, 0.3) is 0 Å². The first-order valence-electron chi connectivity index (χ1n) is 9.99. The zero-order valence-electron chi connectivity index (χ0n) is 16.9. The highest BCUT2D eigenvalue weighted by Crippen LogP contribution is 2.32. The third-order valence-corrected chi connectivity index (χ3v) is 6.39. The van der Waals surface area contributed by atoms with Crippen LogP contribution >= 0.6 is 23.4 Å². The van der Waals surface area contributed by atoms with Crippen molar-refractivity contribution >= 4 is 52.2 Å². The van der Waals surface area contributed by atoms with Crippen LogP contribution in [0.5, 0.6) is 0 Å². The molecule has 31 heavy (non-hydrogen) atoms. The zero-order valence-corrected chi connectivity index (χ0v) is 18.5. The van der Waals surface area contributed by atoms with Gasteiger partial charge in [-0.1, -0.05) is 41.9 Å². The minimum atomic E-state index is -0.263. The summed E-state index contributed by atoms with van der Waals surface area (Å²) in [6.07, 6.45) is 0.461. The van der Waals surface area contributed by atoms with Crippen molar-refractivity contribution in [2.75, 3.05) is 21.7 Å². The number of benzene rings is 3. The lowest BCUT2D eigenvalue weighted by atomic mass is 10.1. The molecule has 4 rings (SSSR count). The van der Waals surface area contributed by atoms with Crippen LogP contribution in [0.4, 0.5) is 17.1 Å². The van der Waals surface area contributed by atoms with E-state index in [1.807, 2.05) is 36.4 Å². The average Bonchev–Trinajstić information content (AvgIpc) is 2.96. The first kappa shape index (κ1) is 21.3. The predicted octanol–water partition coefficient (Wildman–Crippen LogP) is 6.20. The maximum atomic E-state index is 12.7. The molecule has 5 nitrogen and oxygen atoms in total. The summed E-state index contributed by atoms with van der Waals surface area (Å²) >= 11 is 8.06. The van der Waals surface area contributed by atoms with Gasteiger partial charge in [0.1, 0.15) is 0 Å². The van der Waals surface area contributed by atoms with E-state index in [1.54, 1.807) is 30.0 Å². The Morgan fingerprint density at radius 1 is 1.10 bits per heavy atom. The lowest BCUT2D eigenvalue weighted by Gasteiger charge is -2.17. The Bertz CT molecular complexity index is 1120.